The topological polar surface area (TPSA) is 75.6 Å². The van der Waals surface area contributed by atoms with Crippen molar-refractivity contribution in [2.75, 3.05) is 6.61 Å². The predicted octanol–water partition coefficient (Wildman–Crippen LogP) is 1.56. The Labute approximate surface area is 108 Å². The predicted molar refractivity (Wildman–Crippen MR) is 67.2 cm³/mol. The van der Waals surface area contributed by atoms with Gasteiger partial charge in [0.15, 0.2) is 0 Å². The summed E-state index contributed by atoms with van der Waals surface area (Å²) in [5.74, 6) is -0.964. The van der Waals surface area contributed by atoms with E-state index in [0.29, 0.717) is 13.0 Å². The van der Waals surface area contributed by atoms with Crippen LogP contribution in [-0.2, 0) is 14.3 Å². The Morgan fingerprint density at radius 1 is 1.39 bits per heavy atom. The Bertz CT molecular complexity index is 285. The van der Waals surface area contributed by atoms with Crippen LogP contribution in [0.3, 0.4) is 0 Å². The highest BCUT2D eigenvalue weighted by Gasteiger charge is 2.23. The van der Waals surface area contributed by atoms with Gasteiger partial charge >= 0.3 is 5.97 Å². The highest BCUT2D eigenvalue weighted by Crippen LogP contribution is 2.15. The molecule has 0 aromatic rings. The van der Waals surface area contributed by atoms with E-state index in [1.54, 1.807) is 0 Å². The first kappa shape index (κ1) is 15.0. The van der Waals surface area contributed by atoms with Gasteiger partial charge in [-0.2, -0.15) is 0 Å². The molecule has 5 nitrogen and oxygen atoms in total. The molecule has 1 rings (SSSR count). The van der Waals surface area contributed by atoms with E-state index in [1.165, 1.54) is 0 Å². The van der Waals surface area contributed by atoms with E-state index in [0.717, 1.165) is 19.3 Å². The first-order chi connectivity index (χ1) is 8.49. The van der Waals surface area contributed by atoms with Crippen LogP contribution >= 0.6 is 0 Å². The van der Waals surface area contributed by atoms with Crippen LogP contribution < -0.4 is 5.32 Å². The fraction of sp³-hybridized carbons (Fsp3) is 0.846. The molecular weight excluding hydrogens is 234 g/mol. The van der Waals surface area contributed by atoms with Gasteiger partial charge in [-0.3, -0.25) is 4.79 Å². The summed E-state index contributed by atoms with van der Waals surface area (Å²) in [5.41, 5.74) is 0. The summed E-state index contributed by atoms with van der Waals surface area (Å²) >= 11 is 0. The highest BCUT2D eigenvalue weighted by molar-refractivity contribution is 5.83. The van der Waals surface area contributed by atoms with Gasteiger partial charge < -0.3 is 15.2 Å². The van der Waals surface area contributed by atoms with Crippen LogP contribution in [0.15, 0.2) is 0 Å². The molecule has 5 heteroatoms. The number of rotatable bonds is 6. The van der Waals surface area contributed by atoms with Crippen LogP contribution in [0.2, 0.25) is 0 Å². The van der Waals surface area contributed by atoms with Crippen LogP contribution in [0, 0.1) is 5.92 Å². The Kier molecular flexibility index (Phi) is 6.12. The molecule has 1 fully saturated rings. The second-order valence-electron chi connectivity index (χ2n) is 5.28. The van der Waals surface area contributed by atoms with Gasteiger partial charge in [-0.25, -0.2) is 4.79 Å². The third kappa shape index (κ3) is 5.49. The number of carbonyl (C=O) groups is 2. The lowest BCUT2D eigenvalue weighted by Crippen LogP contribution is -2.43. The molecule has 1 amide bonds. The van der Waals surface area contributed by atoms with Crippen LogP contribution in [0.4, 0.5) is 0 Å². The molecule has 2 atom stereocenters. The van der Waals surface area contributed by atoms with Crippen LogP contribution in [0.5, 0.6) is 0 Å². The molecule has 18 heavy (non-hydrogen) atoms. The molecule has 1 aliphatic rings. The largest absolute Gasteiger partial charge is 0.480 e. The van der Waals surface area contributed by atoms with E-state index >= 15 is 0 Å². The summed E-state index contributed by atoms with van der Waals surface area (Å²) in [5, 5.41) is 11.6. The maximum absolute atomic E-state index is 11.8. The summed E-state index contributed by atoms with van der Waals surface area (Å²) in [4.78, 5) is 22.8. The second kappa shape index (κ2) is 7.36. The number of carbonyl (C=O) groups excluding carboxylic acids is 1. The summed E-state index contributed by atoms with van der Waals surface area (Å²) in [7, 11) is 0. The summed E-state index contributed by atoms with van der Waals surface area (Å²) in [6.07, 6.45) is 3.67. The molecule has 0 aliphatic carbocycles. The molecule has 0 radical (unpaired) electrons. The molecule has 0 spiro atoms. The molecule has 2 N–H and O–H groups in total. The van der Waals surface area contributed by atoms with Gasteiger partial charge in [-0.05, 0) is 31.6 Å². The average molecular weight is 257 g/mol. The van der Waals surface area contributed by atoms with Crippen molar-refractivity contribution in [3.05, 3.63) is 0 Å². The van der Waals surface area contributed by atoms with E-state index in [-0.39, 0.29) is 24.3 Å². The lowest BCUT2D eigenvalue weighted by molar-refractivity contribution is -0.142. The molecule has 0 aromatic heterocycles. The third-order valence-electron chi connectivity index (χ3n) is 3.03. The Balaban J connectivity index is 2.37. The van der Waals surface area contributed by atoms with Crippen molar-refractivity contribution in [3.8, 4) is 0 Å². The molecular formula is C13H23NO4. The molecule has 0 bridgehead atoms. The smallest absolute Gasteiger partial charge is 0.326 e. The average Bonchev–Trinajstić information content (AvgIpc) is 2.28. The van der Waals surface area contributed by atoms with E-state index in [9.17, 15) is 9.59 Å². The number of hydrogen-bond acceptors (Lipinski definition) is 3. The van der Waals surface area contributed by atoms with Crippen molar-refractivity contribution < 1.29 is 19.4 Å². The van der Waals surface area contributed by atoms with Crippen molar-refractivity contribution in [2.24, 2.45) is 5.92 Å². The van der Waals surface area contributed by atoms with Crippen molar-refractivity contribution in [1.82, 2.24) is 5.32 Å². The van der Waals surface area contributed by atoms with E-state index in [1.807, 2.05) is 13.8 Å². The van der Waals surface area contributed by atoms with Gasteiger partial charge in [0.1, 0.15) is 6.04 Å². The van der Waals surface area contributed by atoms with E-state index in [2.05, 4.69) is 5.32 Å². The second-order valence-corrected chi connectivity index (χ2v) is 5.28. The lowest BCUT2D eigenvalue weighted by Gasteiger charge is -2.23. The molecule has 1 saturated heterocycles. The normalized spacial score (nSPS) is 21.6. The van der Waals surface area contributed by atoms with Crippen molar-refractivity contribution in [1.29, 1.82) is 0 Å². The van der Waals surface area contributed by atoms with Gasteiger partial charge in [0.25, 0.3) is 0 Å². The first-order valence-electron chi connectivity index (χ1n) is 6.62. The first-order valence-corrected chi connectivity index (χ1v) is 6.62. The zero-order valence-corrected chi connectivity index (χ0v) is 11.1. The van der Waals surface area contributed by atoms with Gasteiger partial charge in [-0.15, -0.1) is 0 Å². The summed E-state index contributed by atoms with van der Waals surface area (Å²) in [6.45, 7) is 4.57. The quantitative estimate of drug-likeness (QED) is 0.757. The van der Waals surface area contributed by atoms with E-state index in [4.69, 9.17) is 9.84 Å². The van der Waals surface area contributed by atoms with E-state index < -0.39 is 12.0 Å². The standard InChI is InChI=1S/C13H23NO4/c1-9(2)7-11(13(16)17)14-12(15)8-10-5-3-4-6-18-10/h9-11H,3-8H2,1-2H3,(H,14,15)(H,16,17)/t10?,11-/m1/s1. The molecule has 1 unspecified atom stereocenters. The Hall–Kier alpha value is -1.10. The Morgan fingerprint density at radius 3 is 2.61 bits per heavy atom. The monoisotopic (exact) mass is 257 g/mol. The number of hydrogen-bond donors (Lipinski definition) is 2. The van der Waals surface area contributed by atoms with Crippen LogP contribution in [0.1, 0.15) is 46.0 Å². The minimum Gasteiger partial charge on any atom is -0.480 e. The Morgan fingerprint density at radius 2 is 2.11 bits per heavy atom. The van der Waals surface area contributed by atoms with Crippen molar-refractivity contribution in [3.63, 3.8) is 0 Å². The van der Waals surface area contributed by atoms with Gasteiger partial charge in [-0.1, -0.05) is 13.8 Å². The number of amides is 1. The van der Waals surface area contributed by atoms with Gasteiger partial charge in [0.05, 0.1) is 12.5 Å². The van der Waals surface area contributed by atoms with Gasteiger partial charge in [0.2, 0.25) is 5.91 Å². The van der Waals surface area contributed by atoms with Gasteiger partial charge in [0, 0.05) is 6.61 Å². The lowest BCUT2D eigenvalue weighted by atomic mass is 10.0. The number of carboxylic acid groups (broad SMARTS) is 1. The zero-order valence-electron chi connectivity index (χ0n) is 11.1. The maximum atomic E-state index is 11.8. The number of aliphatic carboxylic acids is 1. The zero-order chi connectivity index (χ0) is 13.5. The van der Waals surface area contributed by atoms with Crippen LogP contribution in [-0.4, -0.2) is 35.7 Å². The number of nitrogens with one attached hydrogen (secondary N) is 1. The SMILES string of the molecule is CC(C)C[C@@H](NC(=O)CC1CCCCO1)C(=O)O. The minimum absolute atomic E-state index is 0.0488. The molecule has 0 aromatic carbocycles. The number of ether oxygens (including phenoxy) is 1. The fourth-order valence-electron chi connectivity index (χ4n) is 2.12. The van der Waals surface area contributed by atoms with Crippen molar-refractivity contribution >= 4 is 11.9 Å². The highest BCUT2D eigenvalue weighted by atomic mass is 16.5. The minimum atomic E-state index is -0.971. The molecule has 1 aliphatic heterocycles. The molecule has 1 heterocycles. The fourth-order valence-corrected chi connectivity index (χ4v) is 2.12. The van der Waals surface area contributed by atoms with Crippen molar-refractivity contribution in [2.45, 2.75) is 58.1 Å². The third-order valence-corrected chi connectivity index (χ3v) is 3.03. The summed E-state index contributed by atoms with van der Waals surface area (Å²) in [6, 6.07) is -0.791. The molecule has 0 saturated carbocycles. The maximum Gasteiger partial charge on any atom is 0.326 e. The summed E-state index contributed by atoms with van der Waals surface area (Å²) < 4.78 is 5.46. The molecule has 104 valence electrons. The van der Waals surface area contributed by atoms with Crippen LogP contribution in [0.25, 0.3) is 0 Å². The number of carboxylic acids is 1.